The molecule has 2 fully saturated rings. The van der Waals surface area contributed by atoms with Crippen LogP contribution in [-0.4, -0.2) is 48.6 Å². The molecule has 0 radical (unpaired) electrons. The Labute approximate surface area is 216 Å². The second kappa shape index (κ2) is 11.3. The molecule has 0 atom stereocenters. The molecular weight excluding hydrogens is 473 g/mol. The predicted molar refractivity (Wildman–Crippen MR) is 143 cm³/mol. The number of benzene rings is 2. The molecule has 1 aliphatic heterocycles. The van der Waals surface area contributed by atoms with Crippen LogP contribution >= 0.6 is 11.8 Å². The van der Waals surface area contributed by atoms with Gasteiger partial charge < -0.3 is 15.1 Å². The first-order valence-corrected chi connectivity index (χ1v) is 13.7. The van der Waals surface area contributed by atoms with Crippen LogP contribution in [0.1, 0.15) is 41.4 Å². The van der Waals surface area contributed by atoms with Crippen LogP contribution in [0.25, 0.3) is 0 Å². The van der Waals surface area contributed by atoms with Gasteiger partial charge in [0.05, 0.1) is 5.69 Å². The SMILES string of the molecule is CCc1cc(N2CCN(c3ccccc3F)CC2)nc(SCc2ccc(C(=O)NCC3CC3)cc2)n1. The van der Waals surface area contributed by atoms with E-state index < -0.39 is 0 Å². The number of carbonyl (C=O) groups is 1. The normalized spacial score (nSPS) is 15.7. The Balaban J connectivity index is 1.19. The first-order valence-electron chi connectivity index (χ1n) is 12.7. The summed E-state index contributed by atoms with van der Waals surface area (Å²) in [5.41, 5.74) is 3.51. The van der Waals surface area contributed by atoms with Gasteiger partial charge in [-0.25, -0.2) is 14.4 Å². The maximum absolute atomic E-state index is 14.2. The van der Waals surface area contributed by atoms with Crippen molar-refractivity contribution < 1.29 is 9.18 Å². The lowest BCUT2D eigenvalue weighted by atomic mass is 10.1. The van der Waals surface area contributed by atoms with Gasteiger partial charge in [0.15, 0.2) is 5.16 Å². The summed E-state index contributed by atoms with van der Waals surface area (Å²) < 4.78 is 14.2. The molecule has 1 aliphatic carbocycles. The lowest BCUT2D eigenvalue weighted by Crippen LogP contribution is -2.47. The van der Waals surface area contributed by atoms with Crippen LogP contribution < -0.4 is 15.1 Å². The number of hydrogen-bond donors (Lipinski definition) is 1. The Morgan fingerprint density at radius 1 is 1.03 bits per heavy atom. The van der Waals surface area contributed by atoms with E-state index in [2.05, 4.69) is 28.1 Å². The van der Waals surface area contributed by atoms with Gasteiger partial charge in [0, 0.05) is 55.8 Å². The van der Waals surface area contributed by atoms with Crippen LogP contribution in [0.5, 0.6) is 0 Å². The summed E-state index contributed by atoms with van der Waals surface area (Å²) in [6.45, 7) is 5.93. The predicted octanol–water partition coefficient (Wildman–Crippen LogP) is 4.94. The smallest absolute Gasteiger partial charge is 0.251 e. The molecule has 1 N–H and O–H groups in total. The highest BCUT2D eigenvalue weighted by Gasteiger charge is 2.22. The largest absolute Gasteiger partial charge is 0.366 e. The minimum atomic E-state index is -0.174. The lowest BCUT2D eigenvalue weighted by Gasteiger charge is -2.37. The van der Waals surface area contributed by atoms with Crippen molar-refractivity contribution in [2.24, 2.45) is 5.92 Å². The number of halogens is 1. The molecule has 2 heterocycles. The van der Waals surface area contributed by atoms with E-state index in [1.807, 2.05) is 36.4 Å². The van der Waals surface area contributed by atoms with E-state index in [-0.39, 0.29) is 11.7 Å². The van der Waals surface area contributed by atoms with Crippen molar-refractivity contribution in [2.45, 2.75) is 37.1 Å². The highest BCUT2D eigenvalue weighted by atomic mass is 32.2. The Kier molecular flexibility index (Phi) is 7.70. The number of piperazine rings is 1. The first kappa shape index (κ1) is 24.6. The minimum absolute atomic E-state index is 0.000162. The molecule has 2 aliphatic rings. The molecule has 1 aromatic heterocycles. The molecule has 36 heavy (non-hydrogen) atoms. The zero-order valence-corrected chi connectivity index (χ0v) is 21.4. The van der Waals surface area contributed by atoms with E-state index in [1.54, 1.807) is 17.8 Å². The molecule has 2 aromatic carbocycles. The van der Waals surface area contributed by atoms with Crippen molar-refractivity contribution >= 4 is 29.2 Å². The van der Waals surface area contributed by atoms with Crippen molar-refractivity contribution in [3.63, 3.8) is 0 Å². The standard InChI is InChI=1S/C28H32FN5OS/c1-2-23-17-26(34-15-13-33(14-16-34)25-6-4-3-5-24(25)29)32-28(31-23)36-19-21-9-11-22(12-10-21)27(35)30-18-20-7-8-20/h3-6,9-12,17,20H,2,7-8,13-16,18-19H2,1H3,(H,30,35). The van der Waals surface area contributed by atoms with E-state index in [1.165, 1.54) is 18.9 Å². The van der Waals surface area contributed by atoms with Crippen molar-refractivity contribution in [1.82, 2.24) is 15.3 Å². The fourth-order valence-electron chi connectivity index (χ4n) is 4.31. The van der Waals surface area contributed by atoms with Gasteiger partial charge in [0.1, 0.15) is 11.6 Å². The van der Waals surface area contributed by atoms with Crippen molar-refractivity contribution in [3.8, 4) is 0 Å². The van der Waals surface area contributed by atoms with Gasteiger partial charge in [-0.15, -0.1) is 0 Å². The van der Waals surface area contributed by atoms with Crippen LogP contribution in [0.15, 0.2) is 59.8 Å². The minimum Gasteiger partial charge on any atom is -0.366 e. The molecular formula is C28H32FN5OS. The van der Waals surface area contributed by atoms with E-state index in [0.717, 1.165) is 67.1 Å². The number of hydrogen-bond acceptors (Lipinski definition) is 6. The Hall–Kier alpha value is -3.13. The molecule has 0 bridgehead atoms. The summed E-state index contributed by atoms with van der Waals surface area (Å²) in [6, 6.07) is 16.8. The number of amides is 1. The summed E-state index contributed by atoms with van der Waals surface area (Å²) in [7, 11) is 0. The number of thioether (sulfide) groups is 1. The number of rotatable bonds is 9. The van der Waals surface area contributed by atoms with Crippen molar-refractivity contribution in [3.05, 3.63) is 77.2 Å². The average Bonchev–Trinajstić information content (AvgIpc) is 3.76. The summed E-state index contributed by atoms with van der Waals surface area (Å²) >= 11 is 1.61. The number of aromatic nitrogens is 2. The Bertz CT molecular complexity index is 1190. The number of carbonyl (C=O) groups excluding carboxylic acids is 1. The van der Waals surface area contributed by atoms with Gasteiger partial charge in [0.25, 0.3) is 5.91 Å². The fourth-order valence-corrected chi connectivity index (χ4v) is 5.14. The Morgan fingerprint density at radius 3 is 2.44 bits per heavy atom. The van der Waals surface area contributed by atoms with Crippen LogP contribution in [0, 0.1) is 11.7 Å². The summed E-state index contributed by atoms with van der Waals surface area (Å²) in [6.07, 6.45) is 3.29. The van der Waals surface area contributed by atoms with Crippen LogP contribution in [0.3, 0.4) is 0 Å². The second-order valence-electron chi connectivity index (χ2n) is 9.42. The quantitative estimate of drug-likeness (QED) is 0.329. The lowest BCUT2D eigenvalue weighted by molar-refractivity contribution is 0.0952. The molecule has 8 heteroatoms. The number of para-hydroxylation sites is 1. The van der Waals surface area contributed by atoms with Gasteiger partial charge in [-0.2, -0.15) is 0 Å². The third-order valence-electron chi connectivity index (χ3n) is 6.74. The topological polar surface area (TPSA) is 61.4 Å². The number of aryl methyl sites for hydroxylation is 1. The number of nitrogens with one attached hydrogen (secondary N) is 1. The van der Waals surface area contributed by atoms with E-state index in [0.29, 0.717) is 17.2 Å². The maximum Gasteiger partial charge on any atom is 0.251 e. The zero-order chi connectivity index (χ0) is 24.9. The van der Waals surface area contributed by atoms with Gasteiger partial charge in [0.2, 0.25) is 0 Å². The summed E-state index contributed by atoms with van der Waals surface area (Å²) in [5.74, 6) is 2.16. The van der Waals surface area contributed by atoms with Gasteiger partial charge in [-0.3, -0.25) is 4.79 Å². The number of nitrogens with zero attached hydrogens (tertiary/aromatic N) is 4. The first-order chi connectivity index (χ1) is 17.6. The van der Waals surface area contributed by atoms with E-state index >= 15 is 0 Å². The average molecular weight is 506 g/mol. The van der Waals surface area contributed by atoms with Crippen molar-refractivity contribution in [1.29, 1.82) is 0 Å². The Morgan fingerprint density at radius 2 is 1.75 bits per heavy atom. The fraction of sp³-hybridized carbons (Fsp3) is 0.393. The number of anilines is 2. The zero-order valence-electron chi connectivity index (χ0n) is 20.6. The van der Waals surface area contributed by atoms with Gasteiger partial charge >= 0.3 is 0 Å². The van der Waals surface area contributed by atoms with Crippen LogP contribution in [-0.2, 0) is 12.2 Å². The summed E-state index contributed by atoms with van der Waals surface area (Å²) in [5, 5.41) is 3.77. The monoisotopic (exact) mass is 505 g/mol. The van der Waals surface area contributed by atoms with E-state index in [9.17, 15) is 9.18 Å². The van der Waals surface area contributed by atoms with E-state index in [4.69, 9.17) is 9.97 Å². The third-order valence-corrected chi connectivity index (χ3v) is 7.65. The molecule has 0 unspecified atom stereocenters. The molecule has 0 spiro atoms. The molecule has 1 saturated carbocycles. The molecule has 5 rings (SSSR count). The van der Waals surface area contributed by atoms with Crippen LogP contribution in [0.4, 0.5) is 15.9 Å². The summed E-state index contributed by atoms with van der Waals surface area (Å²) in [4.78, 5) is 26.2. The molecule has 1 saturated heterocycles. The van der Waals surface area contributed by atoms with Gasteiger partial charge in [-0.05, 0) is 55.0 Å². The highest BCUT2D eigenvalue weighted by molar-refractivity contribution is 7.98. The highest BCUT2D eigenvalue weighted by Crippen LogP contribution is 2.28. The maximum atomic E-state index is 14.2. The van der Waals surface area contributed by atoms with Crippen molar-refractivity contribution in [2.75, 3.05) is 42.5 Å². The third kappa shape index (κ3) is 6.16. The molecule has 1 amide bonds. The molecule has 3 aromatic rings. The van der Waals surface area contributed by atoms with Gasteiger partial charge in [-0.1, -0.05) is 43.0 Å². The van der Waals surface area contributed by atoms with Crippen LogP contribution in [0.2, 0.25) is 0 Å². The molecule has 6 nitrogen and oxygen atoms in total. The second-order valence-corrected chi connectivity index (χ2v) is 10.4. The molecule has 188 valence electrons.